The van der Waals surface area contributed by atoms with Gasteiger partial charge in [-0.15, -0.1) is 0 Å². The second-order valence-electron chi connectivity index (χ2n) is 2.58. The van der Waals surface area contributed by atoms with Crippen molar-refractivity contribution in [2.75, 3.05) is 0 Å². The summed E-state index contributed by atoms with van der Waals surface area (Å²) < 4.78 is 13.5. The van der Waals surface area contributed by atoms with Crippen LogP contribution in [0.1, 0.15) is 18.5 Å². The van der Waals surface area contributed by atoms with Gasteiger partial charge in [0.25, 0.3) is 0 Å². The Morgan fingerprint density at radius 2 is 2.17 bits per heavy atom. The van der Waals surface area contributed by atoms with Gasteiger partial charge in [-0.1, -0.05) is 0 Å². The molecule has 0 amide bonds. The standard InChI is InChI=1S/C8H9BrFNO/c1-4(11)7-6(10)3-2-5(9)8(7)12/h2-4,12H,11H2,1H3/t4-/m0/s1. The monoisotopic (exact) mass is 233 g/mol. The molecule has 0 bridgehead atoms. The maximum atomic E-state index is 13.0. The van der Waals surface area contributed by atoms with Crippen molar-refractivity contribution >= 4 is 15.9 Å². The number of nitrogens with two attached hydrogens (primary N) is 1. The van der Waals surface area contributed by atoms with Crippen LogP contribution in [-0.2, 0) is 0 Å². The van der Waals surface area contributed by atoms with Crippen molar-refractivity contribution in [2.45, 2.75) is 13.0 Å². The lowest BCUT2D eigenvalue weighted by Crippen LogP contribution is -2.07. The molecule has 66 valence electrons. The number of phenolic OH excluding ortho intramolecular Hbond substituents is 1. The van der Waals surface area contributed by atoms with E-state index in [4.69, 9.17) is 5.73 Å². The van der Waals surface area contributed by atoms with Gasteiger partial charge in [0.1, 0.15) is 11.6 Å². The molecule has 0 aliphatic heterocycles. The van der Waals surface area contributed by atoms with Gasteiger partial charge >= 0.3 is 0 Å². The summed E-state index contributed by atoms with van der Waals surface area (Å²) in [7, 11) is 0. The predicted molar refractivity (Wildman–Crippen MR) is 48.4 cm³/mol. The summed E-state index contributed by atoms with van der Waals surface area (Å²) in [6, 6.07) is 2.20. The molecule has 0 saturated heterocycles. The minimum atomic E-state index is -0.512. The summed E-state index contributed by atoms with van der Waals surface area (Å²) in [5.74, 6) is -0.601. The van der Waals surface area contributed by atoms with E-state index in [1.54, 1.807) is 6.92 Å². The third-order valence-corrected chi connectivity index (χ3v) is 2.21. The summed E-state index contributed by atoms with van der Waals surface area (Å²) in [5, 5.41) is 9.38. The van der Waals surface area contributed by atoms with Crippen LogP contribution in [0.2, 0.25) is 0 Å². The third-order valence-electron chi connectivity index (χ3n) is 1.57. The van der Waals surface area contributed by atoms with Crippen LogP contribution in [0.3, 0.4) is 0 Å². The van der Waals surface area contributed by atoms with E-state index in [9.17, 15) is 9.50 Å². The fourth-order valence-electron chi connectivity index (χ4n) is 0.990. The van der Waals surface area contributed by atoms with Gasteiger partial charge in [0.15, 0.2) is 0 Å². The van der Waals surface area contributed by atoms with Crippen molar-refractivity contribution in [1.82, 2.24) is 0 Å². The van der Waals surface area contributed by atoms with Gasteiger partial charge < -0.3 is 10.8 Å². The summed E-state index contributed by atoms with van der Waals surface area (Å²) in [4.78, 5) is 0. The molecule has 0 unspecified atom stereocenters. The Balaban J connectivity index is 3.33. The van der Waals surface area contributed by atoms with Crippen molar-refractivity contribution in [1.29, 1.82) is 0 Å². The molecule has 0 fully saturated rings. The Kier molecular flexibility index (Phi) is 2.69. The van der Waals surface area contributed by atoms with Gasteiger partial charge in [0.2, 0.25) is 0 Å². The highest BCUT2D eigenvalue weighted by Crippen LogP contribution is 2.32. The summed E-state index contributed by atoms with van der Waals surface area (Å²) in [6.45, 7) is 1.62. The Bertz CT molecular complexity index is 301. The van der Waals surface area contributed by atoms with Crippen LogP contribution in [0.15, 0.2) is 16.6 Å². The second-order valence-corrected chi connectivity index (χ2v) is 3.43. The van der Waals surface area contributed by atoms with Crippen LogP contribution < -0.4 is 5.73 Å². The molecule has 0 heterocycles. The maximum absolute atomic E-state index is 13.0. The number of aromatic hydroxyl groups is 1. The third kappa shape index (κ3) is 1.59. The molecule has 0 aliphatic carbocycles. The predicted octanol–water partition coefficient (Wildman–Crippen LogP) is 2.31. The molecule has 0 aliphatic rings. The van der Waals surface area contributed by atoms with Gasteiger partial charge in [-0.05, 0) is 35.0 Å². The SMILES string of the molecule is C[C@H](N)c1c(F)ccc(Br)c1O. The number of benzene rings is 1. The van der Waals surface area contributed by atoms with Crippen molar-refractivity contribution in [3.63, 3.8) is 0 Å². The average molecular weight is 234 g/mol. The minimum absolute atomic E-state index is 0.120. The summed E-state index contributed by atoms with van der Waals surface area (Å²) >= 11 is 3.08. The highest BCUT2D eigenvalue weighted by Gasteiger charge is 2.14. The number of hydrogen-bond donors (Lipinski definition) is 2. The molecule has 4 heteroatoms. The van der Waals surface area contributed by atoms with E-state index in [1.165, 1.54) is 12.1 Å². The van der Waals surface area contributed by atoms with Crippen molar-refractivity contribution < 1.29 is 9.50 Å². The molecule has 1 rings (SSSR count). The van der Waals surface area contributed by atoms with Crippen LogP contribution in [-0.4, -0.2) is 5.11 Å². The van der Waals surface area contributed by atoms with Gasteiger partial charge in [0, 0.05) is 11.6 Å². The lowest BCUT2D eigenvalue weighted by atomic mass is 10.1. The fourth-order valence-corrected chi connectivity index (χ4v) is 1.34. The van der Waals surface area contributed by atoms with Crippen molar-refractivity contribution in [2.24, 2.45) is 5.73 Å². The molecular weight excluding hydrogens is 225 g/mol. The van der Waals surface area contributed by atoms with Crippen LogP contribution >= 0.6 is 15.9 Å². The molecule has 0 saturated carbocycles. The smallest absolute Gasteiger partial charge is 0.137 e. The Labute approximate surface area is 78.3 Å². The quantitative estimate of drug-likeness (QED) is 0.783. The topological polar surface area (TPSA) is 46.2 Å². The van der Waals surface area contributed by atoms with E-state index < -0.39 is 11.9 Å². The van der Waals surface area contributed by atoms with Gasteiger partial charge in [0.05, 0.1) is 4.47 Å². The lowest BCUT2D eigenvalue weighted by molar-refractivity contribution is 0.449. The largest absolute Gasteiger partial charge is 0.506 e. The van der Waals surface area contributed by atoms with Crippen LogP contribution in [0.4, 0.5) is 4.39 Å². The van der Waals surface area contributed by atoms with Gasteiger partial charge in [-0.3, -0.25) is 0 Å². The normalized spacial score (nSPS) is 13.0. The molecule has 3 N–H and O–H groups in total. The van der Waals surface area contributed by atoms with Crippen molar-refractivity contribution in [3.05, 3.63) is 28.0 Å². The molecule has 2 nitrogen and oxygen atoms in total. The first-order valence-electron chi connectivity index (χ1n) is 3.46. The Hall–Kier alpha value is -0.610. The Morgan fingerprint density at radius 1 is 1.58 bits per heavy atom. The number of hydrogen-bond acceptors (Lipinski definition) is 2. The van der Waals surface area contributed by atoms with E-state index in [1.807, 2.05) is 0 Å². The summed E-state index contributed by atoms with van der Waals surface area (Å²) in [6.07, 6.45) is 0. The number of rotatable bonds is 1. The lowest BCUT2D eigenvalue weighted by Gasteiger charge is -2.10. The van der Waals surface area contributed by atoms with Crippen LogP contribution in [0, 0.1) is 5.82 Å². The van der Waals surface area contributed by atoms with Crippen molar-refractivity contribution in [3.8, 4) is 5.75 Å². The van der Waals surface area contributed by atoms with Gasteiger partial charge in [-0.2, -0.15) is 0 Å². The maximum Gasteiger partial charge on any atom is 0.137 e. The molecule has 1 aromatic carbocycles. The molecule has 0 aromatic heterocycles. The highest BCUT2D eigenvalue weighted by atomic mass is 79.9. The molecule has 0 spiro atoms. The van der Waals surface area contributed by atoms with Crippen LogP contribution in [0.5, 0.6) is 5.75 Å². The average Bonchev–Trinajstić information content (AvgIpc) is 1.97. The molecule has 12 heavy (non-hydrogen) atoms. The van der Waals surface area contributed by atoms with E-state index in [2.05, 4.69) is 15.9 Å². The molecule has 0 radical (unpaired) electrons. The summed E-state index contributed by atoms with van der Waals surface area (Å²) in [5.41, 5.74) is 5.61. The van der Waals surface area contributed by atoms with E-state index >= 15 is 0 Å². The zero-order valence-corrected chi connectivity index (χ0v) is 8.10. The van der Waals surface area contributed by atoms with E-state index in [-0.39, 0.29) is 11.3 Å². The van der Waals surface area contributed by atoms with E-state index in [0.717, 1.165) is 0 Å². The zero-order valence-electron chi connectivity index (χ0n) is 6.51. The van der Waals surface area contributed by atoms with E-state index in [0.29, 0.717) is 4.47 Å². The Morgan fingerprint density at radius 3 is 2.58 bits per heavy atom. The zero-order chi connectivity index (χ0) is 9.30. The number of phenols is 1. The highest BCUT2D eigenvalue weighted by molar-refractivity contribution is 9.10. The first-order chi connectivity index (χ1) is 5.54. The van der Waals surface area contributed by atoms with Gasteiger partial charge in [-0.25, -0.2) is 4.39 Å². The molecule has 1 aromatic rings. The number of halogens is 2. The first kappa shape index (κ1) is 9.48. The molecule has 1 atom stereocenters. The second kappa shape index (κ2) is 3.41. The molecular formula is C8H9BrFNO. The first-order valence-corrected chi connectivity index (χ1v) is 4.25. The fraction of sp³-hybridized carbons (Fsp3) is 0.250. The van der Waals surface area contributed by atoms with Crippen LogP contribution in [0.25, 0.3) is 0 Å². The minimum Gasteiger partial charge on any atom is -0.506 e.